The molecule has 1 aromatic heterocycles. The third kappa shape index (κ3) is 3.53. The number of aromatic nitrogens is 1. The standard InChI is InChI=1S/C19H16N4O5/c24-18(6-4-14-3-5-16-17(12-14)28-13-27-16)21-8-10-22(11-9-21)19-15(23(25)26)2-1-7-20-19/h1-3,5,7,12H,8-11,13H2. The van der Waals surface area contributed by atoms with E-state index in [4.69, 9.17) is 9.47 Å². The van der Waals surface area contributed by atoms with Gasteiger partial charge in [-0.25, -0.2) is 4.98 Å². The molecule has 142 valence electrons. The highest BCUT2D eigenvalue weighted by Crippen LogP contribution is 2.32. The van der Waals surface area contributed by atoms with Gasteiger partial charge in [0.1, 0.15) is 0 Å². The fourth-order valence-electron chi connectivity index (χ4n) is 3.07. The van der Waals surface area contributed by atoms with E-state index in [1.807, 2.05) is 4.90 Å². The highest BCUT2D eigenvalue weighted by atomic mass is 16.7. The lowest BCUT2D eigenvalue weighted by Crippen LogP contribution is -2.48. The molecule has 9 heteroatoms. The number of pyridine rings is 1. The number of carbonyl (C=O) groups is 1. The lowest BCUT2D eigenvalue weighted by atomic mass is 10.2. The van der Waals surface area contributed by atoms with Gasteiger partial charge in [0.2, 0.25) is 12.6 Å². The number of hydrogen-bond donors (Lipinski definition) is 0. The summed E-state index contributed by atoms with van der Waals surface area (Å²) < 4.78 is 10.5. The van der Waals surface area contributed by atoms with Gasteiger partial charge in [0, 0.05) is 49.9 Å². The monoisotopic (exact) mass is 380 g/mol. The first kappa shape index (κ1) is 17.6. The summed E-state index contributed by atoms with van der Waals surface area (Å²) in [6.45, 7) is 1.93. The van der Waals surface area contributed by atoms with Gasteiger partial charge in [0.05, 0.1) is 4.92 Å². The molecule has 1 fully saturated rings. The van der Waals surface area contributed by atoms with Gasteiger partial charge >= 0.3 is 5.69 Å². The van der Waals surface area contributed by atoms with Crippen LogP contribution in [-0.4, -0.2) is 53.7 Å². The fraction of sp³-hybridized carbons (Fsp3) is 0.263. The Bertz CT molecular complexity index is 989. The van der Waals surface area contributed by atoms with E-state index in [9.17, 15) is 14.9 Å². The van der Waals surface area contributed by atoms with E-state index in [0.717, 1.165) is 0 Å². The Labute approximate surface area is 160 Å². The van der Waals surface area contributed by atoms with Crippen LogP contribution in [0.15, 0.2) is 36.5 Å². The minimum absolute atomic E-state index is 0.0372. The minimum atomic E-state index is -0.448. The smallest absolute Gasteiger partial charge is 0.311 e. The van der Waals surface area contributed by atoms with Gasteiger partial charge in [-0.05, 0) is 24.3 Å². The summed E-state index contributed by atoms with van der Waals surface area (Å²) >= 11 is 0. The zero-order valence-electron chi connectivity index (χ0n) is 14.8. The minimum Gasteiger partial charge on any atom is -0.454 e. The van der Waals surface area contributed by atoms with Crippen LogP contribution in [0.4, 0.5) is 11.5 Å². The van der Waals surface area contributed by atoms with Crippen LogP contribution >= 0.6 is 0 Å². The Morgan fingerprint density at radius 1 is 1.14 bits per heavy atom. The van der Waals surface area contributed by atoms with E-state index in [-0.39, 0.29) is 18.4 Å². The van der Waals surface area contributed by atoms with E-state index in [2.05, 4.69) is 16.8 Å². The van der Waals surface area contributed by atoms with Crippen molar-refractivity contribution in [2.45, 2.75) is 0 Å². The summed E-state index contributed by atoms with van der Waals surface area (Å²) in [5.74, 6) is 6.81. The Hall–Kier alpha value is -3.80. The van der Waals surface area contributed by atoms with Gasteiger partial charge in [-0.1, -0.05) is 5.92 Å². The molecule has 0 atom stereocenters. The SMILES string of the molecule is O=C(C#Cc1ccc2c(c1)OCO2)N1CCN(c2ncccc2[N+](=O)[O-])CC1. The number of ether oxygens (including phenoxy) is 2. The molecule has 3 heterocycles. The largest absolute Gasteiger partial charge is 0.454 e. The second-order valence-corrected chi connectivity index (χ2v) is 6.20. The number of hydrogen-bond acceptors (Lipinski definition) is 7. The van der Waals surface area contributed by atoms with Crippen LogP contribution in [0.2, 0.25) is 0 Å². The summed E-state index contributed by atoms with van der Waals surface area (Å²) in [5.41, 5.74) is 0.630. The van der Waals surface area contributed by atoms with Crippen LogP contribution in [0.3, 0.4) is 0 Å². The molecule has 2 aliphatic rings. The van der Waals surface area contributed by atoms with Crippen molar-refractivity contribution in [2.24, 2.45) is 0 Å². The molecular formula is C19H16N4O5. The number of fused-ring (bicyclic) bond motifs is 1. The van der Waals surface area contributed by atoms with Crippen molar-refractivity contribution in [1.82, 2.24) is 9.88 Å². The zero-order valence-corrected chi connectivity index (χ0v) is 14.8. The molecule has 1 saturated heterocycles. The topological polar surface area (TPSA) is 98.0 Å². The van der Waals surface area contributed by atoms with E-state index < -0.39 is 4.92 Å². The summed E-state index contributed by atoms with van der Waals surface area (Å²) in [7, 11) is 0. The molecule has 0 spiro atoms. The van der Waals surface area contributed by atoms with E-state index in [1.165, 1.54) is 18.3 Å². The molecule has 2 aliphatic heterocycles. The van der Waals surface area contributed by atoms with E-state index in [1.54, 1.807) is 23.1 Å². The third-order valence-electron chi connectivity index (χ3n) is 4.52. The van der Waals surface area contributed by atoms with Crippen LogP contribution in [-0.2, 0) is 4.79 Å². The van der Waals surface area contributed by atoms with Gasteiger partial charge in [0.15, 0.2) is 11.5 Å². The Morgan fingerprint density at radius 3 is 2.71 bits per heavy atom. The molecule has 2 aromatic rings. The second-order valence-electron chi connectivity index (χ2n) is 6.20. The Morgan fingerprint density at radius 2 is 1.93 bits per heavy atom. The van der Waals surface area contributed by atoms with Crippen LogP contribution in [0.25, 0.3) is 0 Å². The molecule has 0 bridgehead atoms. The summed E-state index contributed by atoms with van der Waals surface area (Å²) in [6.07, 6.45) is 1.52. The maximum absolute atomic E-state index is 12.4. The zero-order chi connectivity index (χ0) is 19.5. The predicted octanol–water partition coefficient (Wildman–Crippen LogP) is 1.42. The second kappa shape index (κ2) is 7.44. The summed E-state index contributed by atoms with van der Waals surface area (Å²) in [5, 5.41) is 11.2. The molecular weight excluding hydrogens is 364 g/mol. The lowest BCUT2D eigenvalue weighted by molar-refractivity contribution is -0.384. The van der Waals surface area contributed by atoms with Gasteiger partial charge in [0.25, 0.3) is 5.91 Å². The molecule has 0 radical (unpaired) electrons. The normalized spacial score (nSPS) is 15.0. The van der Waals surface area contributed by atoms with Crippen molar-refractivity contribution in [3.63, 3.8) is 0 Å². The maximum atomic E-state index is 12.4. The van der Waals surface area contributed by atoms with Gasteiger partial charge in [-0.3, -0.25) is 14.9 Å². The first-order chi connectivity index (χ1) is 13.6. The molecule has 1 aromatic carbocycles. The maximum Gasteiger partial charge on any atom is 0.311 e. The Kier molecular flexibility index (Phi) is 4.68. The Balaban J connectivity index is 1.39. The van der Waals surface area contributed by atoms with Crippen molar-refractivity contribution < 1.29 is 19.2 Å². The molecule has 0 aliphatic carbocycles. The molecule has 1 amide bonds. The highest BCUT2D eigenvalue weighted by Gasteiger charge is 2.26. The summed E-state index contributed by atoms with van der Waals surface area (Å²) in [4.78, 5) is 30.7. The molecule has 9 nitrogen and oxygen atoms in total. The number of nitro groups is 1. The van der Waals surface area contributed by atoms with Crippen molar-refractivity contribution in [3.8, 4) is 23.3 Å². The first-order valence-corrected chi connectivity index (χ1v) is 8.67. The molecule has 0 unspecified atom stereocenters. The number of nitrogens with zero attached hydrogens (tertiary/aromatic N) is 4. The van der Waals surface area contributed by atoms with Gasteiger partial charge < -0.3 is 19.3 Å². The fourth-order valence-corrected chi connectivity index (χ4v) is 3.07. The molecule has 4 rings (SSSR count). The number of benzene rings is 1. The molecule has 0 saturated carbocycles. The number of carbonyl (C=O) groups excluding carboxylic acids is 1. The number of amides is 1. The molecule has 0 N–H and O–H groups in total. The lowest BCUT2D eigenvalue weighted by Gasteiger charge is -2.34. The average molecular weight is 380 g/mol. The number of piperazine rings is 1. The van der Waals surface area contributed by atoms with Crippen LogP contribution in [0.1, 0.15) is 5.56 Å². The number of anilines is 1. The van der Waals surface area contributed by atoms with Gasteiger partial charge in [-0.15, -0.1) is 0 Å². The first-order valence-electron chi connectivity index (χ1n) is 8.67. The van der Waals surface area contributed by atoms with Crippen LogP contribution in [0, 0.1) is 22.0 Å². The molecule has 28 heavy (non-hydrogen) atoms. The van der Waals surface area contributed by atoms with Crippen molar-refractivity contribution in [2.75, 3.05) is 37.9 Å². The predicted molar refractivity (Wildman–Crippen MR) is 99.1 cm³/mol. The van der Waals surface area contributed by atoms with Crippen molar-refractivity contribution >= 4 is 17.4 Å². The van der Waals surface area contributed by atoms with Crippen LogP contribution < -0.4 is 14.4 Å². The quantitative estimate of drug-likeness (QED) is 0.441. The van der Waals surface area contributed by atoms with Gasteiger partial charge in [-0.2, -0.15) is 0 Å². The average Bonchev–Trinajstić information content (AvgIpc) is 3.20. The van der Waals surface area contributed by atoms with Crippen LogP contribution in [0.5, 0.6) is 11.5 Å². The van der Waals surface area contributed by atoms with E-state index in [0.29, 0.717) is 49.1 Å². The number of rotatable bonds is 2. The van der Waals surface area contributed by atoms with Crippen molar-refractivity contribution in [3.05, 3.63) is 52.2 Å². The van der Waals surface area contributed by atoms with Crippen molar-refractivity contribution in [1.29, 1.82) is 0 Å². The third-order valence-corrected chi connectivity index (χ3v) is 4.52. The highest BCUT2D eigenvalue weighted by molar-refractivity contribution is 5.94. The van der Waals surface area contributed by atoms with E-state index >= 15 is 0 Å². The summed E-state index contributed by atoms with van der Waals surface area (Å²) in [6, 6.07) is 8.23.